The molecule has 1 heterocycles. The molecule has 0 unspecified atom stereocenters. The molecule has 2 amide bonds. The summed E-state index contributed by atoms with van der Waals surface area (Å²) in [6.45, 7) is 0. The van der Waals surface area contributed by atoms with Gasteiger partial charge in [0.1, 0.15) is 5.75 Å². The molecule has 1 aromatic carbocycles. The van der Waals surface area contributed by atoms with Crippen LogP contribution in [0.25, 0.3) is 0 Å². The van der Waals surface area contributed by atoms with Crippen molar-refractivity contribution in [2.75, 3.05) is 10.6 Å². The van der Waals surface area contributed by atoms with Gasteiger partial charge < -0.3 is 10.4 Å². The van der Waals surface area contributed by atoms with E-state index in [1.165, 1.54) is 24.5 Å². The SMILES string of the molecule is O=C(Nc1cccc(O)c1)Nc1ncc(Br)cn1. The summed E-state index contributed by atoms with van der Waals surface area (Å²) in [5.41, 5.74) is 0.476. The minimum Gasteiger partial charge on any atom is -0.508 e. The Kier molecular flexibility index (Phi) is 3.73. The highest BCUT2D eigenvalue weighted by Gasteiger charge is 2.04. The highest BCUT2D eigenvalue weighted by Crippen LogP contribution is 2.15. The molecular weight excluding hydrogens is 300 g/mol. The summed E-state index contributed by atoms with van der Waals surface area (Å²) >= 11 is 3.19. The van der Waals surface area contributed by atoms with Gasteiger partial charge in [-0.05, 0) is 28.1 Å². The van der Waals surface area contributed by atoms with Gasteiger partial charge in [-0.3, -0.25) is 5.32 Å². The van der Waals surface area contributed by atoms with Crippen molar-refractivity contribution in [1.82, 2.24) is 9.97 Å². The second-order valence-electron chi connectivity index (χ2n) is 3.35. The number of anilines is 2. The van der Waals surface area contributed by atoms with E-state index in [-0.39, 0.29) is 11.7 Å². The summed E-state index contributed by atoms with van der Waals surface area (Å²) in [5.74, 6) is 0.267. The fourth-order valence-corrected chi connectivity index (χ4v) is 1.43. The van der Waals surface area contributed by atoms with E-state index in [1.54, 1.807) is 12.1 Å². The Hall–Kier alpha value is -2.15. The second-order valence-corrected chi connectivity index (χ2v) is 4.27. The molecule has 92 valence electrons. The first kappa shape index (κ1) is 12.3. The van der Waals surface area contributed by atoms with E-state index in [2.05, 4.69) is 36.5 Å². The van der Waals surface area contributed by atoms with E-state index in [0.29, 0.717) is 5.69 Å². The average Bonchev–Trinajstić information content (AvgIpc) is 2.32. The zero-order valence-corrected chi connectivity index (χ0v) is 10.7. The van der Waals surface area contributed by atoms with Crippen molar-refractivity contribution in [3.8, 4) is 5.75 Å². The van der Waals surface area contributed by atoms with Gasteiger partial charge >= 0.3 is 6.03 Å². The largest absolute Gasteiger partial charge is 0.508 e. The van der Waals surface area contributed by atoms with Gasteiger partial charge in [-0.15, -0.1) is 0 Å². The summed E-state index contributed by atoms with van der Waals surface area (Å²) < 4.78 is 0.724. The molecule has 7 heteroatoms. The number of aromatic hydroxyl groups is 1. The highest BCUT2D eigenvalue weighted by atomic mass is 79.9. The van der Waals surface area contributed by atoms with Gasteiger partial charge in [0.25, 0.3) is 0 Å². The lowest BCUT2D eigenvalue weighted by atomic mass is 10.3. The van der Waals surface area contributed by atoms with Crippen LogP contribution < -0.4 is 10.6 Å². The van der Waals surface area contributed by atoms with Crippen molar-refractivity contribution in [3.05, 3.63) is 41.1 Å². The first-order chi connectivity index (χ1) is 8.63. The van der Waals surface area contributed by atoms with Crippen LogP contribution in [0.2, 0.25) is 0 Å². The fraction of sp³-hybridized carbons (Fsp3) is 0. The normalized spacial score (nSPS) is 9.83. The van der Waals surface area contributed by atoms with Gasteiger partial charge in [-0.1, -0.05) is 6.07 Å². The van der Waals surface area contributed by atoms with Gasteiger partial charge in [0.05, 0.1) is 4.47 Å². The molecule has 6 nitrogen and oxygen atoms in total. The number of nitrogens with zero attached hydrogens (tertiary/aromatic N) is 2. The lowest BCUT2D eigenvalue weighted by molar-refractivity contribution is 0.262. The van der Waals surface area contributed by atoms with E-state index >= 15 is 0 Å². The molecule has 0 saturated carbocycles. The number of halogens is 1. The Morgan fingerprint density at radius 3 is 2.61 bits per heavy atom. The maximum atomic E-state index is 11.6. The smallest absolute Gasteiger partial charge is 0.326 e. The second kappa shape index (κ2) is 5.46. The third-order valence-electron chi connectivity index (χ3n) is 1.95. The number of carbonyl (C=O) groups is 1. The molecule has 1 aromatic heterocycles. The highest BCUT2D eigenvalue weighted by molar-refractivity contribution is 9.10. The molecule has 0 aliphatic heterocycles. The number of amides is 2. The van der Waals surface area contributed by atoms with Crippen molar-refractivity contribution >= 4 is 33.6 Å². The minimum atomic E-state index is -0.483. The van der Waals surface area contributed by atoms with Crippen LogP contribution >= 0.6 is 15.9 Å². The quantitative estimate of drug-likeness (QED) is 0.795. The maximum Gasteiger partial charge on any atom is 0.326 e. The molecule has 0 aliphatic carbocycles. The predicted molar refractivity (Wildman–Crippen MR) is 70.5 cm³/mol. The summed E-state index contributed by atoms with van der Waals surface area (Å²) in [5, 5.41) is 14.3. The number of rotatable bonds is 2. The molecule has 0 spiro atoms. The monoisotopic (exact) mass is 308 g/mol. The van der Waals surface area contributed by atoms with Crippen LogP contribution in [0, 0.1) is 0 Å². The summed E-state index contributed by atoms with van der Waals surface area (Å²) in [6.07, 6.45) is 3.05. The van der Waals surface area contributed by atoms with Crippen LogP contribution in [-0.2, 0) is 0 Å². The minimum absolute atomic E-state index is 0.0766. The van der Waals surface area contributed by atoms with Crippen LogP contribution in [-0.4, -0.2) is 21.1 Å². The molecule has 0 fully saturated rings. The number of carbonyl (C=O) groups excluding carboxylic acids is 1. The molecule has 2 aromatic rings. The van der Waals surface area contributed by atoms with Crippen molar-refractivity contribution in [3.63, 3.8) is 0 Å². The topological polar surface area (TPSA) is 87.1 Å². The molecule has 0 bridgehead atoms. The molecule has 3 N–H and O–H groups in total. The van der Waals surface area contributed by atoms with Gasteiger partial charge in [0.2, 0.25) is 5.95 Å². The lowest BCUT2D eigenvalue weighted by Crippen LogP contribution is -2.20. The molecule has 0 atom stereocenters. The summed E-state index contributed by atoms with van der Waals surface area (Å²) in [4.78, 5) is 19.4. The van der Waals surface area contributed by atoms with Crippen LogP contribution in [0.15, 0.2) is 41.1 Å². The van der Waals surface area contributed by atoms with Crippen LogP contribution in [0.1, 0.15) is 0 Å². The number of nitrogens with one attached hydrogen (secondary N) is 2. The number of hydrogen-bond donors (Lipinski definition) is 3. The molecule has 0 aliphatic rings. The van der Waals surface area contributed by atoms with E-state index < -0.39 is 6.03 Å². The fourth-order valence-electron chi connectivity index (χ4n) is 1.22. The predicted octanol–water partition coefficient (Wildman–Crippen LogP) is 2.59. The van der Waals surface area contributed by atoms with Crippen LogP contribution in [0.3, 0.4) is 0 Å². The van der Waals surface area contributed by atoms with Crippen molar-refractivity contribution in [2.45, 2.75) is 0 Å². The maximum absolute atomic E-state index is 11.6. The third-order valence-corrected chi connectivity index (χ3v) is 2.36. The van der Waals surface area contributed by atoms with E-state index in [0.717, 1.165) is 4.47 Å². The first-order valence-electron chi connectivity index (χ1n) is 4.98. The number of hydrogen-bond acceptors (Lipinski definition) is 4. The molecular formula is C11H9BrN4O2. The van der Waals surface area contributed by atoms with Crippen LogP contribution in [0.5, 0.6) is 5.75 Å². The lowest BCUT2D eigenvalue weighted by Gasteiger charge is -2.06. The molecule has 2 rings (SSSR count). The number of phenols is 1. The third kappa shape index (κ3) is 3.42. The zero-order valence-electron chi connectivity index (χ0n) is 9.09. The number of urea groups is 1. The van der Waals surface area contributed by atoms with E-state index in [1.807, 2.05) is 0 Å². The summed E-state index contributed by atoms with van der Waals surface area (Å²) in [6, 6.07) is 5.74. The number of aromatic nitrogens is 2. The molecule has 18 heavy (non-hydrogen) atoms. The van der Waals surface area contributed by atoms with Crippen molar-refractivity contribution < 1.29 is 9.90 Å². The van der Waals surface area contributed by atoms with E-state index in [4.69, 9.17) is 0 Å². The molecule has 0 saturated heterocycles. The summed E-state index contributed by atoms with van der Waals surface area (Å²) in [7, 11) is 0. The van der Waals surface area contributed by atoms with Gasteiger partial charge in [0, 0.05) is 24.1 Å². The Morgan fingerprint density at radius 2 is 1.94 bits per heavy atom. The Balaban J connectivity index is 1.98. The standard InChI is InChI=1S/C11H9BrN4O2/c12-7-5-13-10(14-6-7)16-11(18)15-8-2-1-3-9(17)4-8/h1-6,17H,(H2,13,14,15,16,18). The number of benzene rings is 1. The van der Waals surface area contributed by atoms with Crippen molar-refractivity contribution in [2.24, 2.45) is 0 Å². The Bertz CT molecular complexity index is 559. The average molecular weight is 309 g/mol. The van der Waals surface area contributed by atoms with E-state index in [9.17, 15) is 9.90 Å². The van der Waals surface area contributed by atoms with Gasteiger partial charge in [-0.2, -0.15) is 0 Å². The Morgan fingerprint density at radius 1 is 1.22 bits per heavy atom. The Labute approximate surface area is 111 Å². The van der Waals surface area contributed by atoms with Gasteiger partial charge in [-0.25, -0.2) is 14.8 Å². The van der Waals surface area contributed by atoms with Crippen LogP contribution in [0.4, 0.5) is 16.4 Å². The zero-order chi connectivity index (χ0) is 13.0. The number of phenolic OH excluding ortho intramolecular Hbond substituents is 1. The first-order valence-corrected chi connectivity index (χ1v) is 5.77. The van der Waals surface area contributed by atoms with Crippen molar-refractivity contribution in [1.29, 1.82) is 0 Å². The van der Waals surface area contributed by atoms with Gasteiger partial charge in [0.15, 0.2) is 0 Å². The molecule has 0 radical (unpaired) electrons.